The molecule has 0 amide bonds. The van der Waals surface area contributed by atoms with E-state index in [0.717, 1.165) is 46.3 Å². The minimum atomic E-state index is -0.425. The zero-order chi connectivity index (χ0) is 27.4. The molecule has 0 unspecified atom stereocenters. The molecule has 0 atom stereocenters. The van der Waals surface area contributed by atoms with Gasteiger partial charge in [0.1, 0.15) is 5.75 Å². The van der Waals surface area contributed by atoms with E-state index in [1.54, 1.807) is 18.3 Å². The van der Waals surface area contributed by atoms with Crippen LogP contribution in [0.3, 0.4) is 0 Å². The molecule has 1 aliphatic carbocycles. The molecule has 0 saturated heterocycles. The van der Waals surface area contributed by atoms with Gasteiger partial charge in [0.05, 0.1) is 5.69 Å². The molecule has 1 aliphatic rings. The van der Waals surface area contributed by atoms with Gasteiger partial charge in [0, 0.05) is 39.4 Å². The van der Waals surface area contributed by atoms with Gasteiger partial charge in [-0.1, -0.05) is 63.4 Å². The van der Waals surface area contributed by atoms with Crippen LogP contribution in [0.2, 0.25) is 0 Å². The van der Waals surface area contributed by atoms with Gasteiger partial charge in [0.25, 0.3) is 0 Å². The van der Waals surface area contributed by atoms with E-state index in [2.05, 4.69) is 67.1 Å². The predicted molar refractivity (Wildman–Crippen MR) is 157 cm³/mol. The van der Waals surface area contributed by atoms with Crippen LogP contribution in [0.1, 0.15) is 61.6 Å². The zero-order valence-corrected chi connectivity index (χ0v) is 25.2. The summed E-state index contributed by atoms with van der Waals surface area (Å²) in [6, 6.07) is 27.1. The van der Waals surface area contributed by atoms with Crippen LogP contribution in [0.5, 0.6) is 5.75 Å². The number of rotatable bonds is 3. The Morgan fingerprint density at radius 3 is 2.33 bits per heavy atom. The SMILES string of the molecule is Oc1ccccc1-c1ccccn1.[2H]C1(c2cc3ccnc(-c4[c-]c(C)cc(C)c4)c3cc2C)CCCCC1.[Ir]. The Hall–Kier alpha value is -3.33. The van der Waals surface area contributed by atoms with Crippen LogP contribution in [0, 0.1) is 26.8 Å². The molecule has 0 bridgehead atoms. The Morgan fingerprint density at radius 2 is 1.62 bits per heavy atom. The summed E-state index contributed by atoms with van der Waals surface area (Å²) in [6.07, 6.45) is 9.15. The first-order valence-electron chi connectivity index (χ1n) is 13.9. The maximum absolute atomic E-state index is 9.52. The molecule has 4 heteroatoms. The number of phenols is 1. The molecule has 201 valence electrons. The summed E-state index contributed by atoms with van der Waals surface area (Å²) < 4.78 is 9.03. The third-order valence-electron chi connectivity index (χ3n) is 7.20. The smallest absolute Gasteiger partial charge is 0.124 e. The molecule has 1 radical (unpaired) electrons. The second kappa shape index (κ2) is 13.2. The third kappa shape index (κ3) is 6.82. The molecule has 0 spiro atoms. The van der Waals surface area contributed by atoms with Crippen LogP contribution >= 0.6 is 0 Å². The van der Waals surface area contributed by atoms with Crippen molar-refractivity contribution in [1.29, 1.82) is 0 Å². The van der Waals surface area contributed by atoms with Crippen LogP contribution in [0.25, 0.3) is 33.3 Å². The fraction of sp³-hybridized carbons (Fsp3) is 0.257. The minimum Gasteiger partial charge on any atom is -0.507 e. The number of fused-ring (bicyclic) bond motifs is 1. The number of aromatic hydroxyl groups is 1. The van der Waals surface area contributed by atoms with Crippen molar-refractivity contribution in [3.63, 3.8) is 0 Å². The molecule has 5 aromatic rings. The number of para-hydroxylation sites is 1. The zero-order valence-electron chi connectivity index (χ0n) is 23.8. The van der Waals surface area contributed by atoms with Crippen molar-refractivity contribution in [2.24, 2.45) is 0 Å². The average molecular weight is 693 g/mol. The van der Waals surface area contributed by atoms with Crippen LogP contribution in [-0.4, -0.2) is 15.1 Å². The number of aromatic nitrogens is 2. The van der Waals surface area contributed by atoms with Gasteiger partial charge < -0.3 is 10.1 Å². The van der Waals surface area contributed by atoms with Crippen LogP contribution in [0.15, 0.2) is 85.2 Å². The summed E-state index contributed by atoms with van der Waals surface area (Å²) in [5, 5.41) is 11.9. The summed E-state index contributed by atoms with van der Waals surface area (Å²) >= 11 is 0. The number of hydrogen-bond acceptors (Lipinski definition) is 3. The minimum absolute atomic E-state index is 0. The summed E-state index contributed by atoms with van der Waals surface area (Å²) in [4.78, 5) is 8.83. The number of benzene rings is 3. The van der Waals surface area contributed by atoms with E-state index in [1.807, 2.05) is 36.5 Å². The Labute approximate surface area is 247 Å². The van der Waals surface area contributed by atoms with Gasteiger partial charge in [-0.25, -0.2) is 0 Å². The van der Waals surface area contributed by atoms with Gasteiger partial charge in [-0.2, -0.15) is 0 Å². The number of aryl methyl sites for hydroxylation is 3. The third-order valence-corrected chi connectivity index (χ3v) is 7.20. The second-order valence-corrected chi connectivity index (χ2v) is 10.2. The van der Waals surface area contributed by atoms with Crippen molar-refractivity contribution < 1.29 is 26.6 Å². The molecular weight excluding hydrogens is 657 g/mol. The largest absolute Gasteiger partial charge is 0.507 e. The van der Waals surface area contributed by atoms with E-state index in [-0.39, 0.29) is 25.9 Å². The Morgan fingerprint density at radius 1 is 0.846 bits per heavy atom. The van der Waals surface area contributed by atoms with E-state index in [0.29, 0.717) is 0 Å². The van der Waals surface area contributed by atoms with Crippen molar-refractivity contribution in [3.8, 4) is 28.3 Å². The van der Waals surface area contributed by atoms with Gasteiger partial charge in [-0.15, -0.1) is 34.9 Å². The standard InChI is InChI=1S/C24H26N.C11H9NO.Ir/c1-16-11-17(2)13-21(12-16)24-23-14-18(3)22(15-20(23)9-10-25-24)19-7-5-4-6-8-19;13-11-7-2-1-5-9(11)10-6-3-4-8-12-10;/h9-12,14-15,19H,4-8H2,1-3H3;1-8,13H;/q-1;;/i19D;;. The Balaban J connectivity index is 0.000000223. The quantitative estimate of drug-likeness (QED) is 0.192. The maximum atomic E-state index is 9.52. The second-order valence-electron chi connectivity index (χ2n) is 10.2. The first-order chi connectivity index (χ1) is 18.8. The maximum Gasteiger partial charge on any atom is 0.124 e. The fourth-order valence-electron chi connectivity index (χ4n) is 5.41. The van der Waals surface area contributed by atoms with Crippen molar-refractivity contribution in [1.82, 2.24) is 9.97 Å². The van der Waals surface area contributed by atoms with E-state index in [1.165, 1.54) is 41.3 Å². The molecule has 1 fully saturated rings. The van der Waals surface area contributed by atoms with Gasteiger partial charge in [0.15, 0.2) is 0 Å². The van der Waals surface area contributed by atoms with Crippen molar-refractivity contribution >= 4 is 10.8 Å². The molecule has 2 aromatic heterocycles. The monoisotopic (exact) mass is 693 g/mol. The molecule has 39 heavy (non-hydrogen) atoms. The number of nitrogens with zero attached hydrogens (tertiary/aromatic N) is 2. The molecule has 2 heterocycles. The fourth-order valence-corrected chi connectivity index (χ4v) is 5.41. The summed E-state index contributed by atoms with van der Waals surface area (Å²) in [5.74, 6) is -0.160. The van der Waals surface area contributed by atoms with Gasteiger partial charge in [-0.3, -0.25) is 4.98 Å². The van der Waals surface area contributed by atoms with Gasteiger partial charge >= 0.3 is 0 Å². The molecule has 0 aliphatic heterocycles. The number of phenolic OH excluding ortho intramolecular Hbond substituents is 1. The van der Waals surface area contributed by atoms with E-state index < -0.39 is 5.89 Å². The Bertz CT molecular complexity index is 1580. The first kappa shape index (κ1) is 27.2. The average Bonchev–Trinajstić information content (AvgIpc) is 2.93. The molecule has 3 nitrogen and oxygen atoms in total. The number of pyridine rings is 2. The predicted octanol–water partition coefficient (Wildman–Crippen LogP) is 9.13. The van der Waals surface area contributed by atoms with Crippen molar-refractivity contribution in [3.05, 3.63) is 114 Å². The van der Waals surface area contributed by atoms with Gasteiger partial charge in [-0.05, 0) is 83.6 Å². The van der Waals surface area contributed by atoms with E-state index >= 15 is 0 Å². The van der Waals surface area contributed by atoms with E-state index in [4.69, 9.17) is 1.37 Å². The van der Waals surface area contributed by atoms with Crippen molar-refractivity contribution in [2.45, 2.75) is 58.8 Å². The van der Waals surface area contributed by atoms with Crippen molar-refractivity contribution in [2.75, 3.05) is 0 Å². The summed E-state index contributed by atoms with van der Waals surface area (Å²) in [7, 11) is 0. The normalized spacial score (nSPS) is 14.5. The van der Waals surface area contributed by atoms with Crippen LogP contribution < -0.4 is 0 Å². The molecular formula is C35H35IrN2O-. The van der Waals surface area contributed by atoms with Crippen LogP contribution in [-0.2, 0) is 20.1 Å². The first-order valence-corrected chi connectivity index (χ1v) is 13.4. The topological polar surface area (TPSA) is 46.0 Å². The molecule has 3 aromatic carbocycles. The van der Waals surface area contributed by atoms with E-state index in [9.17, 15) is 5.11 Å². The summed E-state index contributed by atoms with van der Waals surface area (Å²) in [6.45, 7) is 6.35. The number of hydrogen-bond donors (Lipinski definition) is 1. The van der Waals surface area contributed by atoms with Gasteiger partial charge in [0.2, 0.25) is 0 Å². The summed E-state index contributed by atoms with van der Waals surface area (Å²) in [5.41, 5.74) is 8.39. The molecule has 1 saturated carbocycles. The Kier molecular flexibility index (Phi) is 9.19. The molecule has 6 rings (SSSR count). The van der Waals surface area contributed by atoms with Crippen LogP contribution in [0.4, 0.5) is 0 Å². The molecule has 1 N–H and O–H groups in total.